The molecule has 5 heterocycles. The van der Waals surface area contributed by atoms with Gasteiger partial charge in [0, 0.05) is 26.7 Å². The Labute approximate surface area is 541 Å². The van der Waals surface area contributed by atoms with E-state index in [2.05, 4.69) is 16.0 Å². The molecule has 0 saturated carbocycles. The van der Waals surface area contributed by atoms with Gasteiger partial charge in [-0.3, -0.25) is 33.0 Å². The second kappa shape index (κ2) is 34.4. The Morgan fingerprint density at radius 1 is 0.726 bits per heavy atom. The number of nitrogens with two attached hydrogens (primary N) is 2. The van der Waals surface area contributed by atoms with Crippen LogP contribution in [0.4, 0.5) is 4.79 Å². The number of rotatable bonds is 28. The Morgan fingerprint density at radius 2 is 1.29 bits per heavy atom. The maximum absolute atomic E-state index is 13.9. The van der Waals surface area contributed by atoms with Crippen molar-refractivity contribution in [1.29, 1.82) is 0 Å². The summed E-state index contributed by atoms with van der Waals surface area (Å²) in [6, 6.07) is -3.98. The van der Waals surface area contributed by atoms with Crippen molar-refractivity contribution in [3.8, 4) is 0 Å². The molecule has 0 aromatic rings. The van der Waals surface area contributed by atoms with Crippen LogP contribution in [0.5, 0.6) is 0 Å². The van der Waals surface area contributed by atoms with Crippen molar-refractivity contribution in [3.05, 3.63) is 34.8 Å². The molecule has 41 heteroatoms. The zero-order valence-corrected chi connectivity index (χ0v) is 53.3. The van der Waals surface area contributed by atoms with E-state index in [9.17, 15) is 104 Å². The topological polar surface area (TPSA) is 643 Å². The van der Waals surface area contributed by atoms with Gasteiger partial charge < -0.3 is 152 Å². The molecule has 5 fully saturated rings. The number of phosphoric acid groups is 1. The van der Waals surface area contributed by atoms with Crippen molar-refractivity contribution < 1.29 is 165 Å². The molecular formula is C54H87N6O34P. The minimum Gasteiger partial charge on any atom is -0.510 e. The number of carbonyl (C=O) groups is 7. The number of carboxylic acids is 1. The van der Waals surface area contributed by atoms with Crippen molar-refractivity contribution >= 4 is 49.3 Å². The Kier molecular flexibility index (Phi) is 29.0. The third-order valence-electron chi connectivity index (χ3n) is 15.8. The fraction of sp³-hybridized carbons (Fsp3) is 0.759. The molecule has 1 unspecified atom stereocenters. The molecule has 40 nitrogen and oxygen atoms in total. The Hall–Kier alpha value is -5.42. The molecule has 6 rings (SSSR count). The number of carboxylic acid groups (broad SMARTS) is 1. The number of aliphatic hydroxyl groups excluding tert-OH is 10. The van der Waals surface area contributed by atoms with E-state index >= 15 is 0 Å². The molecular weight excluding hydrogens is 1310 g/mol. The number of hydrogen-bond donors (Lipinski definition) is 19. The maximum Gasteiger partial charge on any atom is 0.474 e. The van der Waals surface area contributed by atoms with Gasteiger partial charge in [0.1, 0.15) is 102 Å². The number of carbonyl (C=O) groups excluding carboxylic acids is 6. The molecule has 5 saturated heterocycles. The van der Waals surface area contributed by atoms with Crippen LogP contribution < -0.4 is 33.6 Å². The molecule has 0 bridgehead atoms. The van der Waals surface area contributed by atoms with Gasteiger partial charge in [-0.1, -0.05) is 23.3 Å². The predicted molar refractivity (Wildman–Crippen MR) is 308 cm³/mol. The first kappa shape index (κ1) is 80.3. The first-order chi connectivity index (χ1) is 43.9. The molecule has 0 aromatic heterocycles. The minimum atomic E-state index is -5.81. The fourth-order valence-corrected chi connectivity index (χ4v) is 11.6. The average Bonchev–Trinajstić information content (AvgIpc) is 1.08. The standard InChI is InChI=1S/C54H84N5O34P.H3N/c1-18(2)9-8-10-19(3)13-14-81-27(47(75)76)17-83-94(79,80)93-52-42(43(92-53(56)77)54(7,78)44(91-52)45(55)73)90-49-30(58-22(6)62)33(67)40(26(86-49)16-82-50-37(71)34(68)31(65)25(15-60)85-50)88-48-29(57-21(5)61)32(66)39(20(4)84-48)87-51-38(72)35(69)36(70)41(89-51)46(74)59-28-23(63)11-12-24(28)64;/h9,13,20,25-27,29-44,48-52,60,63,65-72,78H,8,10-12,14-17H2,1-7H3,(H2,55,73)(H2,56,77)(H,57,61)(H,58,62)(H,59,74)(H,75,76)(H,79,80);1H3/b19-13+;/t20-,25-,26-,27-,29-,30-,31-,32-,33-,34+,35+,36-,37-,38-,39-,40-,41+,42-,43-,44-,48+,49+,50-,51-,52-,54+;/m1./s1. The smallest absolute Gasteiger partial charge is 0.474 e. The lowest BCUT2D eigenvalue weighted by Crippen LogP contribution is -2.72. The molecule has 0 spiro atoms. The summed E-state index contributed by atoms with van der Waals surface area (Å²) in [6.45, 7) is 5.82. The van der Waals surface area contributed by atoms with Crippen molar-refractivity contribution in [2.45, 2.75) is 233 Å². The summed E-state index contributed by atoms with van der Waals surface area (Å²) >= 11 is 0. The van der Waals surface area contributed by atoms with Crippen molar-refractivity contribution in [2.75, 3.05) is 26.4 Å². The summed E-state index contributed by atoms with van der Waals surface area (Å²) < 4.78 is 88.0. The molecule has 542 valence electrons. The highest BCUT2D eigenvalue weighted by atomic mass is 31.2. The fourth-order valence-electron chi connectivity index (χ4n) is 10.8. The summed E-state index contributed by atoms with van der Waals surface area (Å²) in [5.74, 6) is -7.64. The number of aliphatic carboxylic acids is 1. The number of allylic oxidation sites excluding steroid dienone is 5. The molecule has 1 aliphatic carbocycles. The quantitative estimate of drug-likeness (QED) is 0.0256. The number of hydrogen-bond acceptors (Lipinski definition) is 33. The highest BCUT2D eigenvalue weighted by Gasteiger charge is 2.62. The first-order valence-electron chi connectivity index (χ1n) is 29.4. The highest BCUT2D eigenvalue weighted by Crippen LogP contribution is 2.49. The van der Waals surface area contributed by atoms with Gasteiger partial charge in [0.25, 0.3) is 5.91 Å². The number of aliphatic hydroxyl groups is 11. The third kappa shape index (κ3) is 20.1. The van der Waals surface area contributed by atoms with Gasteiger partial charge in [-0.05, 0) is 47.5 Å². The van der Waals surface area contributed by atoms with Crippen molar-refractivity contribution in [3.63, 3.8) is 0 Å². The molecule has 5 aliphatic heterocycles. The molecule has 5 amide bonds. The number of ketones is 1. The number of ether oxygens (including phenoxy) is 11. The molecule has 6 aliphatic rings. The van der Waals surface area contributed by atoms with E-state index in [1.165, 1.54) is 6.92 Å². The second-order valence-electron chi connectivity index (χ2n) is 23.4. The van der Waals surface area contributed by atoms with Crippen LogP contribution in [-0.4, -0.2) is 293 Å². The second-order valence-corrected chi connectivity index (χ2v) is 24.8. The first-order valence-corrected chi connectivity index (χ1v) is 30.9. The van der Waals surface area contributed by atoms with Crippen LogP contribution in [0.1, 0.15) is 74.1 Å². The summed E-state index contributed by atoms with van der Waals surface area (Å²) in [5, 5.41) is 138. The van der Waals surface area contributed by atoms with Crippen molar-refractivity contribution in [1.82, 2.24) is 22.1 Å². The zero-order valence-electron chi connectivity index (χ0n) is 52.4. The van der Waals surface area contributed by atoms with E-state index < -0.39 is 240 Å². The summed E-state index contributed by atoms with van der Waals surface area (Å²) in [6.07, 6.45) is -46.2. The Morgan fingerprint density at radius 3 is 1.85 bits per heavy atom. The normalized spacial score (nSPS) is 38.5. The van der Waals surface area contributed by atoms with E-state index in [0.29, 0.717) is 12.8 Å². The summed E-state index contributed by atoms with van der Waals surface area (Å²) in [4.78, 5) is 101. The highest BCUT2D eigenvalue weighted by molar-refractivity contribution is 7.47. The summed E-state index contributed by atoms with van der Waals surface area (Å²) in [5.41, 5.74) is 9.42. The van der Waals surface area contributed by atoms with Crippen LogP contribution in [-0.2, 0) is 94.5 Å². The lowest BCUT2D eigenvalue weighted by atomic mass is 9.85. The van der Waals surface area contributed by atoms with E-state index in [1.54, 1.807) is 13.0 Å². The number of amides is 5. The number of Topliss-reactive ketones (excluding diaryl/α,β-unsaturated/α-hetero) is 1. The van der Waals surface area contributed by atoms with E-state index in [1.807, 2.05) is 19.9 Å². The van der Waals surface area contributed by atoms with Crippen LogP contribution in [0.15, 0.2) is 34.8 Å². The molecule has 95 heavy (non-hydrogen) atoms. The largest absolute Gasteiger partial charge is 0.510 e. The lowest BCUT2D eigenvalue weighted by Gasteiger charge is -2.52. The van der Waals surface area contributed by atoms with Crippen LogP contribution >= 0.6 is 7.82 Å². The van der Waals surface area contributed by atoms with Gasteiger partial charge in [0.15, 0.2) is 67.8 Å². The van der Waals surface area contributed by atoms with Gasteiger partial charge >= 0.3 is 19.9 Å². The monoisotopic (exact) mass is 1390 g/mol. The van der Waals surface area contributed by atoms with Gasteiger partial charge in [0.2, 0.25) is 17.7 Å². The number of phosphoric ester groups is 1. The van der Waals surface area contributed by atoms with Crippen LogP contribution in [0.2, 0.25) is 0 Å². The minimum absolute atomic E-state index is 0. The average molecular weight is 1400 g/mol. The van der Waals surface area contributed by atoms with Crippen LogP contribution in [0.25, 0.3) is 0 Å². The molecule has 0 aromatic carbocycles. The molecule has 23 N–H and O–H groups in total. The van der Waals surface area contributed by atoms with Gasteiger partial charge in [-0.2, -0.15) is 0 Å². The van der Waals surface area contributed by atoms with E-state index in [4.69, 9.17) is 72.6 Å². The predicted octanol–water partition coefficient (Wildman–Crippen LogP) is -6.90. The number of primary amides is 2. The summed E-state index contributed by atoms with van der Waals surface area (Å²) in [7, 11) is -5.81. The van der Waals surface area contributed by atoms with Crippen LogP contribution in [0.3, 0.4) is 0 Å². The van der Waals surface area contributed by atoms with Crippen molar-refractivity contribution in [2.24, 2.45) is 11.5 Å². The molecule has 0 radical (unpaired) electrons. The van der Waals surface area contributed by atoms with Gasteiger partial charge in [-0.25, -0.2) is 14.2 Å². The Bertz CT molecular complexity index is 2830. The third-order valence-corrected chi connectivity index (χ3v) is 16.7. The van der Waals surface area contributed by atoms with E-state index in [-0.39, 0.29) is 25.6 Å². The SMILES string of the molecule is CC(=O)N[C@H]1[C@H](O[C@H]2[C@H](O)[C@@H](NC(C)=O)[C@H](O[C@H]3[C@@H](OP(=O)(O)OC[C@@H](OC/C=C(\C)CCC=C(C)C)C(=O)O)O[C@H](C(N)=O)[C@@](C)(O)[C@@H]3OC(N)=O)O[C@@H]2CO[C@@H]2O[C@H](CO)[C@@H](O)[C@H](O)[C@H]2O)O[C@H](C)[C@@H](O[C@@H]2O[C@H](C(=O)NC3=C(O)CCC3=O)[C@H](O)[C@H](O)[C@H]2O)[C@@H]1O.N. The molecule has 27 atom stereocenters. The van der Waals surface area contributed by atoms with Crippen LogP contribution in [0, 0.1) is 0 Å². The number of nitrogens with one attached hydrogen (secondary N) is 3. The van der Waals surface area contributed by atoms with E-state index in [0.717, 1.165) is 31.9 Å². The van der Waals surface area contributed by atoms with Gasteiger partial charge in [0.05, 0.1) is 32.5 Å². The Balaban J connectivity index is 0.0000163. The maximum atomic E-state index is 13.9. The van der Waals surface area contributed by atoms with Gasteiger partial charge in [-0.15, -0.1) is 0 Å². The zero-order chi connectivity index (χ0) is 70.2. The lowest BCUT2D eigenvalue weighted by molar-refractivity contribution is -0.375.